The highest BCUT2D eigenvalue weighted by Gasteiger charge is 2.39. The van der Waals surface area contributed by atoms with Crippen LogP contribution in [0.1, 0.15) is 82.6 Å². The Morgan fingerprint density at radius 3 is 2.40 bits per heavy atom. The molecule has 0 radical (unpaired) electrons. The van der Waals surface area contributed by atoms with E-state index in [0.29, 0.717) is 23.4 Å². The maximum absolute atomic E-state index is 11.4. The Kier molecular flexibility index (Phi) is 6.51. The van der Waals surface area contributed by atoms with Crippen LogP contribution in [0.25, 0.3) is 10.8 Å². The number of nitrogens with zero attached hydrogens (tertiary/aromatic N) is 1. The summed E-state index contributed by atoms with van der Waals surface area (Å²) in [5.41, 5.74) is 2.03. The summed E-state index contributed by atoms with van der Waals surface area (Å²) in [4.78, 5) is 13.9. The highest BCUT2D eigenvalue weighted by Crippen LogP contribution is 2.49. The molecular weight excluding hydrogens is 434 g/mol. The van der Waals surface area contributed by atoms with Gasteiger partial charge in [-0.2, -0.15) is 0 Å². The van der Waals surface area contributed by atoms with Gasteiger partial charge in [-0.15, -0.1) is 0 Å². The van der Waals surface area contributed by atoms with Gasteiger partial charge in [0.15, 0.2) is 0 Å². The second kappa shape index (κ2) is 9.76. The summed E-state index contributed by atoms with van der Waals surface area (Å²) < 4.78 is 6.43. The topological polar surface area (TPSA) is 49.8 Å². The van der Waals surface area contributed by atoms with Crippen molar-refractivity contribution >= 4 is 16.7 Å². The summed E-state index contributed by atoms with van der Waals surface area (Å²) >= 11 is 0. The molecule has 4 nitrogen and oxygen atoms in total. The molecule has 0 bridgehead atoms. The van der Waals surface area contributed by atoms with Crippen LogP contribution in [-0.4, -0.2) is 35.2 Å². The van der Waals surface area contributed by atoms with Gasteiger partial charge in [0, 0.05) is 19.6 Å². The number of carboxylic acids is 1. The molecule has 3 saturated carbocycles. The van der Waals surface area contributed by atoms with Crippen LogP contribution in [-0.2, 0) is 11.3 Å². The molecule has 6 rings (SSSR count). The van der Waals surface area contributed by atoms with Gasteiger partial charge in [0.25, 0.3) is 0 Å². The van der Waals surface area contributed by atoms with Crippen LogP contribution < -0.4 is 4.74 Å². The van der Waals surface area contributed by atoms with Crippen LogP contribution in [0.2, 0.25) is 0 Å². The van der Waals surface area contributed by atoms with Gasteiger partial charge >= 0.3 is 5.97 Å². The first kappa shape index (κ1) is 23.3. The van der Waals surface area contributed by atoms with Gasteiger partial charge in [0.1, 0.15) is 5.75 Å². The molecule has 1 saturated heterocycles. The van der Waals surface area contributed by atoms with E-state index in [9.17, 15) is 9.90 Å². The van der Waals surface area contributed by atoms with Crippen molar-refractivity contribution in [1.82, 2.24) is 4.90 Å². The second-order valence-corrected chi connectivity index (χ2v) is 12.3. The maximum atomic E-state index is 11.4. The molecule has 1 aliphatic heterocycles. The SMILES string of the molecule is O=C(O)[C@@H]1CCC[C@@H](C2CN(Cc3ccc4cc(OC5CCC6(CCCC6)CC5)ccc4c3)C2)C1. The van der Waals surface area contributed by atoms with E-state index in [4.69, 9.17) is 4.74 Å². The van der Waals surface area contributed by atoms with Crippen molar-refractivity contribution in [3.8, 4) is 5.75 Å². The molecule has 188 valence electrons. The smallest absolute Gasteiger partial charge is 0.306 e. The highest BCUT2D eigenvalue weighted by molar-refractivity contribution is 5.84. The number of likely N-dealkylation sites (tertiary alicyclic amines) is 1. The number of hydrogen-bond donors (Lipinski definition) is 1. The highest BCUT2D eigenvalue weighted by atomic mass is 16.5. The van der Waals surface area contributed by atoms with E-state index in [-0.39, 0.29) is 5.92 Å². The summed E-state index contributed by atoms with van der Waals surface area (Å²) in [5, 5.41) is 11.9. The lowest BCUT2D eigenvalue weighted by Crippen LogP contribution is -2.50. The fourth-order valence-electron chi connectivity index (χ4n) is 7.76. The van der Waals surface area contributed by atoms with Crippen molar-refractivity contribution in [1.29, 1.82) is 0 Å². The zero-order chi connectivity index (χ0) is 23.8. The lowest BCUT2D eigenvalue weighted by Gasteiger charge is -2.45. The molecule has 2 atom stereocenters. The molecule has 1 spiro atoms. The van der Waals surface area contributed by atoms with Gasteiger partial charge in [-0.3, -0.25) is 9.69 Å². The third kappa shape index (κ3) is 5.09. The molecule has 0 amide bonds. The summed E-state index contributed by atoms with van der Waals surface area (Å²) in [5.74, 6) is 1.60. The lowest BCUT2D eigenvalue weighted by molar-refractivity contribution is -0.144. The quantitative estimate of drug-likeness (QED) is 0.487. The summed E-state index contributed by atoms with van der Waals surface area (Å²) in [6.45, 7) is 3.22. The molecule has 1 N–H and O–H groups in total. The first-order valence-electron chi connectivity index (χ1n) is 14.2. The number of carbonyl (C=O) groups is 1. The molecule has 3 aliphatic carbocycles. The van der Waals surface area contributed by atoms with Crippen LogP contribution in [0.15, 0.2) is 36.4 Å². The van der Waals surface area contributed by atoms with E-state index >= 15 is 0 Å². The summed E-state index contributed by atoms with van der Waals surface area (Å²) in [6.07, 6.45) is 15.3. The predicted molar refractivity (Wildman–Crippen MR) is 140 cm³/mol. The normalized spacial score (nSPS) is 27.8. The second-order valence-electron chi connectivity index (χ2n) is 12.3. The molecule has 35 heavy (non-hydrogen) atoms. The van der Waals surface area contributed by atoms with Gasteiger partial charge in [-0.05, 0) is 103 Å². The van der Waals surface area contributed by atoms with Gasteiger partial charge in [-0.1, -0.05) is 43.9 Å². The molecule has 4 heteroatoms. The van der Waals surface area contributed by atoms with Crippen molar-refractivity contribution in [3.63, 3.8) is 0 Å². The zero-order valence-corrected chi connectivity index (χ0v) is 21.1. The molecule has 0 aromatic heterocycles. The van der Waals surface area contributed by atoms with E-state index in [1.54, 1.807) is 0 Å². The Morgan fingerprint density at radius 2 is 1.63 bits per heavy atom. The predicted octanol–water partition coefficient (Wildman–Crippen LogP) is 7.04. The summed E-state index contributed by atoms with van der Waals surface area (Å²) in [7, 11) is 0. The average Bonchev–Trinajstić information content (AvgIpc) is 3.31. The average molecular weight is 476 g/mol. The van der Waals surface area contributed by atoms with Crippen molar-refractivity contribution in [2.24, 2.45) is 23.2 Å². The van der Waals surface area contributed by atoms with Gasteiger partial charge in [-0.25, -0.2) is 0 Å². The Balaban J connectivity index is 1.01. The zero-order valence-electron chi connectivity index (χ0n) is 21.1. The van der Waals surface area contributed by atoms with Crippen LogP contribution >= 0.6 is 0 Å². The minimum atomic E-state index is -0.591. The molecular formula is C31H41NO3. The maximum Gasteiger partial charge on any atom is 0.306 e. The van der Waals surface area contributed by atoms with Gasteiger partial charge < -0.3 is 9.84 Å². The fraction of sp³-hybridized carbons (Fsp3) is 0.645. The Bertz CT molecular complexity index is 1040. The van der Waals surface area contributed by atoms with E-state index in [1.165, 1.54) is 74.1 Å². The number of rotatable bonds is 6. The number of carboxylic acid groups (broad SMARTS) is 1. The van der Waals surface area contributed by atoms with Gasteiger partial charge in [0.2, 0.25) is 0 Å². The Hall–Kier alpha value is -2.07. The Morgan fingerprint density at radius 1 is 0.886 bits per heavy atom. The number of hydrogen-bond acceptors (Lipinski definition) is 3. The van der Waals surface area contributed by atoms with Crippen LogP contribution in [0.4, 0.5) is 0 Å². The third-order valence-corrected chi connectivity index (χ3v) is 9.96. The first-order valence-corrected chi connectivity index (χ1v) is 14.2. The number of fused-ring (bicyclic) bond motifs is 1. The molecule has 0 unspecified atom stereocenters. The molecule has 4 aliphatic rings. The Labute approximate surface area is 210 Å². The summed E-state index contributed by atoms with van der Waals surface area (Å²) in [6, 6.07) is 13.5. The van der Waals surface area contributed by atoms with E-state index < -0.39 is 5.97 Å². The number of ether oxygens (including phenoxy) is 1. The standard InChI is InChI=1S/C31H41NO3/c33-30(34)26-5-3-4-23(17-26)27-20-32(21-27)19-22-6-7-25-18-29(9-8-24(25)16-22)35-28-10-14-31(15-11-28)12-1-2-13-31/h6-9,16,18,23,26-28H,1-5,10-15,17,19-21H2,(H,33,34)/t23-,26-/m1/s1. The lowest BCUT2D eigenvalue weighted by atomic mass is 9.72. The van der Waals surface area contributed by atoms with Crippen LogP contribution in [0.5, 0.6) is 5.75 Å². The van der Waals surface area contributed by atoms with Crippen LogP contribution in [0, 0.1) is 23.2 Å². The first-order chi connectivity index (χ1) is 17.1. The molecule has 4 fully saturated rings. The van der Waals surface area contributed by atoms with E-state index in [1.807, 2.05) is 0 Å². The van der Waals surface area contributed by atoms with Gasteiger partial charge in [0.05, 0.1) is 12.0 Å². The van der Waals surface area contributed by atoms with E-state index in [0.717, 1.165) is 44.6 Å². The van der Waals surface area contributed by atoms with Crippen molar-refractivity contribution < 1.29 is 14.6 Å². The van der Waals surface area contributed by atoms with E-state index in [2.05, 4.69) is 41.3 Å². The third-order valence-electron chi connectivity index (χ3n) is 9.96. The monoisotopic (exact) mass is 475 g/mol. The largest absolute Gasteiger partial charge is 0.490 e. The number of aliphatic carboxylic acids is 1. The van der Waals surface area contributed by atoms with Crippen molar-refractivity contribution in [3.05, 3.63) is 42.0 Å². The minimum absolute atomic E-state index is 0.112. The number of benzene rings is 2. The van der Waals surface area contributed by atoms with Crippen LogP contribution in [0.3, 0.4) is 0 Å². The fourth-order valence-corrected chi connectivity index (χ4v) is 7.76. The molecule has 1 heterocycles. The minimum Gasteiger partial charge on any atom is -0.490 e. The van der Waals surface area contributed by atoms with Crippen molar-refractivity contribution in [2.45, 2.75) is 89.7 Å². The molecule has 2 aromatic carbocycles. The molecule has 2 aromatic rings. The van der Waals surface area contributed by atoms with Crippen molar-refractivity contribution in [2.75, 3.05) is 13.1 Å².